The molecule has 3 heteroatoms. The number of aliphatic hydroxyl groups excluding tert-OH is 1. The van der Waals surface area contributed by atoms with Gasteiger partial charge in [0, 0.05) is 13.7 Å². The van der Waals surface area contributed by atoms with E-state index in [0.717, 1.165) is 13.0 Å². The summed E-state index contributed by atoms with van der Waals surface area (Å²) in [7, 11) is 1.64. The monoisotopic (exact) mass is 188 g/mol. The number of hydrogen-bond acceptors (Lipinski definition) is 3. The molecule has 1 N–H and O–H groups in total. The van der Waals surface area contributed by atoms with E-state index in [1.54, 1.807) is 7.11 Å². The molecule has 13 heavy (non-hydrogen) atoms. The van der Waals surface area contributed by atoms with Crippen molar-refractivity contribution >= 4 is 0 Å². The van der Waals surface area contributed by atoms with Crippen LogP contribution in [-0.4, -0.2) is 32.2 Å². The smallest absolute Gasteiger partial charge is 0.146 e. The molecule has 0 amide bonds. The van der Waals surface area contributed by atoms with E-state index >= 15 is 0 Å². The summed E-state index contributed by atoms with van der Waals surface area (Å²) < 4.78 is 10.1. The first kappa shape index (κ1) is 11.0. The van der Waals surface area contributed by atoms with Crippen molar-refractivity contribution in [1.29, 1.82) is 0 Å². The standard InChI is InChI=1S/C10H20O3/c1-12-8-13-7-10-4-2-3-9(5-10)6-11/h9-11H,2-8H2,1H3/t9-,10-/m0/s1. The number of ether oxygens (including phenoxy) is 2. The van der Waals surface area contributed by atoms with E-state index in [0.29, 0.717) is 25.2 Å². The van der Waals surface area contributed by atoms with Gasteiger partial charge < -0.3 is 14.6 Å². The Morgan fingerprint density at radius 2 is 2.08 bits per heavy atom. The van der Waals surface area contributed by atoms with Crippen molar-refractivity contribution in [2.24, 2.45) is 11.8 Å². The van der Waals surface area contributed by atoms with Crippen LogP contribution in [0.1, 0.15) is 25.7 Å². The van der Waals surface area contributed by atoms with E-state index in [9.17, 15) is 0 Å². The topological polar surface area (TPSA) is 38.7 Å². The maximum atomic E-state index is 9.01. The summed E-state index contributed by atoms with van der Waals surface area (Å²) in [5, 5.41) is 9.01. The first-order valence-corrected chi connectivity index (χ1v) is 5.04. The lowest BCUT2D eigenvalue weighted by atomic mass is 9.82. The predicted molar refractivity (Wildman–Crippen MR) is 50.4 cm³/mol. The molecule has 0 aromatic carbocycles. The van der Waals surface area contributed by atoms with Crippen LogP contribution in [0.4, 0.5) is 0 Å². The summed E-state index contributed by atoms with van der Waals surface area (Å²) in [5.41, 5.74) is 0. The molecule has 0 spiro atoms. The summed E-state index contributed by atoms with van der Waals surface area (Å²) in [6, 6.07) is 0. The fourth-order valence-electron chi connectivity index (χ4n) is 2.02. The van der Waals surface area contributed by atoms with Gasteiger partial charge in [0.05, 0.1) is 6.61 Å². The van der Waals surface area contributed by atoms with Gasteiger partial charge >= 0.3 is 0 Å². The Kier molecular flexibility index (Phi) is 5.35. The van der Waals surface area contributed by atoms with Gasteiger partial charge in [0.1, 0.15) is 6.79 Å². The van der Waals surface area contributed by atoms with Crippen LogP contribution >= 0.6 is 0 Å². The second-order valence-electron chi connectivity index (χ2n) is 3.86. The highest BCUT2D eigenvalue weighted by Crippen LogP contribution is 2.28. The first-order valence-electron chi connectivity index (χ1n) is 5.04. The van der Waals surface area contributed by atoms with Crippen LogP contribution in [0.2, 0.25) is 0 Å². The van der Waals surface area contributed by atoms with Gasteiger partial charge in [-0.15, -0.1) is 0 Å². The highest BCUT2D eigenvalue weighted by atomic mass is 16.7. The summed E-state index contributed by atoms with van der Waals surface area (Å²) in [5.74, 6) is 1.13. The van der Waals surface area contributed by atoms with E-state index in [-0.39, 0.29) is 0 Å². The molecule has 0 unspecified atom stereocenters. The molecule has 0 radical (unpaired) electrons. The normalized spacial score (nSPS) is 29.1. The van der Waals surface area contributed by atoms with Gasteiger partial charge in [0.15, 0.2) is 0 Å². The summed E-state index contributed by atoms with van der Waals surface area (Å²) in [6.07, 6.45) is 4.75. The van der Waals surface area contributed by atoms with Crippen molar-refractivity contribution in [3.8, 4) is 0 Å². The lowest BCUT2D eigenvalue weighted by Crippen LogP contribution is -2.22. The maximum absolute atomic E-state index is 9.01. The van der Waals surface area contributed by atoms with Crippen LogP contribution in [-0.2, 0) is 9.47 Å². The largest absolute Gasteiger partial charge is 0.396 e. The molecule has 2 atom stereocenters. The fraction of sp³-hybridized carbons (Fsp3) is 1.00. The van der Waals surface area contributed by atoms with Crippen molar-refractivity contribution in [3.63, 3.8) is 0 Å². The third kappa shape index (κ3) is 4.07. The quantitative estimate of drug-likeness (QED) is 0.523. The fourth-order valence-corrected chi connectivity index (χ4v) is 2.02. The zero-order valence-electron chi connectivity index (χ0n) is 8.37. The van der Waals surface area contributed by atoms with E-state index in [4.69, 9.17) is 14.6 Å². The molecular weight excluding hydrogens is 168 g/mol. The molecule has 1 aliphatic carbocycles. The van der Waals surface area contributed by atoms with E-state index in [2.05, 4.69) is 0 Å². The molecule has 0 saturated heterocycles. The van der Waals surface area contributed by atoms with Gasteiger partial charge in [-0.05, 0) is 31.1 Å². The Morgan fingerprint density at radius 1 is 1.31 bits per heavy atom. The van der Waals surface area contributed by atoms with Gasteiger partial charge in [0.25, 0.3) is 0 Å². The minimum Gasteiger partial charge on any atom is -0.396 e. The van der Waals surface area contributed by atoms with Gasteiger partial charge in [-0.3, -0.25) is 0 Å². The summed E-state index contributed by atoms with van der Waals surface area (Å²) >= 11 is 0. The van der Waals surface area contributed by atoms with E-state index < -0.39 is 0 Å². The third-order valence-electron chi connectivity index (χ3n) is 2.70. The molecule has 0 aromatic heterocycles. The lowest BCUT2D eigenvalue weighted by Gasteiger charge is -2.27. The zero-order chi connectivity index (χ0) is 9.52. The minimum absolute atomic E-state index is 0.334. The molecular formula is C10H20O3. The van der Waals surface area contributed by atoms with Gasteiger partial charge in [-0.25, -0.2) is 0 Å². The minimum atomic E-state index is 0.334. The Balaban J connectivity index is 2.11. The molecule has 1 rings (SSSR count). The van der Waals surface area contributed by atoms with Crippen molar-refractivity contribution in [2.45, 2.75) is 25.7 Å². The molecule has 0 bridgehead atoms. The van der Waals surface area contributed by atoms with Crippen LogP contribution in [0.15, 0.2) is 0 Å². The Bertz CT molecular complexity index is 127. The van der Waals surface area contributed by atoms with Gasteiger partial charge in [-0.2, -0.15) is 0 Å². The van der Waals surface area contributed by atoms with Crippen molar-refractivity contribution in [2.75, 3.05) is 27.1 Å². The predicted octanol–water partition coefficient (Wildman–Crippen LogP) is 1.41. The average Bonchev–Trinajstić information content (AvgIpc) is 2.19. The Hall–Kier alpha value is -0.120. The first-order chi connectivity index (χ1) is 6.36. The van der Waals surface area contributed by atoms with E-state index in [1.165, 1.54) is 19.3 Å². The van der Waals surface area contributed by atoms with Crippen molar-refractivity contribution < 1.29 is 14.6 Å². The van der Waals surface area contributed by atoms with Gasteiger partial charge in [0.2, 0.25) is 0 Å². The average molecular weight is 188 g/mol. The second-order valence-corrected chi connectivity index (χ2v) is 3.86. The van der Waals surface area contributed by atoms with E-state index in [1.807, 2.05) is 0 Å². The van der Waals surface area contributed by atoms with Crippen LogP contribution in [0.25, 0.3) is 0 Å². The molecule has 1 fully saturated rings. The molecule has 0 aromatic rings. The molecule has 0 heterocycles. The van der Waals surface area contributed by atoms with Gasteiger partial charge in [-0.1, -0.05) is 6.42 Å². The lowest BCUT2D eigenvalue weighted by molar-refractivity contribution is -0.0507. The number of hydrogen-bond donors (Lipinski definition) is 1. The van der Waals surface area contributed by atoms with Crippen LogP contribution in [0.3, 0.4) is 0 Å². The second kappa shape index (κ2) is 6.35. The highest BCUT2D eigenvalue weighted by molar-refractivity contribution is 4.72. The summed E-state index contributed by atoms with van der Waals surface area (Å²) in [4.78, 5) is 0. The van der Waals surface area contributed by atoms with Crippen molar-refractivity contribution in [3.05, 3.63) is 0 Å². The number of methoxy groups -OCH3 is 1. The van der Waals surface area contributed by atoms with Crippen LogP contribution < -0.4 is 0 Å². The zero-order valence-corrected chi connectivity index (χ0v) is 8.37. The Labute approximate surface area is 80.0 Å². The van der Waals surface area contributed by atoms with Crippen LogP contribution in [0.5, 0.6) is 0 Å². The molecule has 3 nitrogen and oxygen atoms in total. The van der Waals surface area contributed by atoms with Crippen molar-refractivity contribution in [1.82, 2.24) is 0 Å². The Morgan fingerprint density at radius 3 is 2.77 bits per heavy atom. The SMILES string of the molecule is COCOC[C@H]1CCC[C@H](CO)C1. The summed E-state index contributed by atoms with van der Waals surface area (Å²) in [6.45, 7) is 1.51. The number of rotatable bonds is 5. The maximum Gasteiger partial charge on any atom is 0.146 e. The molecule has 0 aliphatic heterocycles. The molecule has 1 saturated carbocycles. The third-order valence-corrected chi connectivity index (χ3v) is 2.70. The molecule has 78 valence electrons. The van der Waals surface area contributed by atoms with Crippen LogP contribution in [0, 0.1) is 11.8 Å². The number of aliphatic hydroxyl groups is 1. The highest BCUT2D eigenvalue weighted by Gasteiger charge is 2.21. The molecule has 1 aliphatic rings.